The van der Waals surface area contributed by atoms with Crippen molar-refractivity contribution in [1.29, 1.82) is 0 Å². The predicted molar refractivity (Wildman–Crippen MR) is 267 cm³/mol. The number of rotatable bonds is 18. The monoisotopic (exact) mass is 1020 g/mol. The third kappa shape index (κ3) is 10.7. The van der Waals surface area contributed by atoms with Crippen LogP contribution < -0.4 is 52.0 Å². The number of nitrogens with zero attached hydrogens (tertiary/aromatic N) is 6. The fourth-order valence-corrected chi connectivity index (χ4v) is 11.2. The maximum absolute atomic E-state index is 15.1. The zero-order valence-electron chi connectivity index (χ0n) is 39.1. The second-order valence-corrected chi connectivity index (χ2v) is 22.0. The molecule has 0 spiro atoms. The van der Waals surface area contributed by atoms with Crippen LogP contribution in [0, 0.1) is 17.6 Å². The molecule has 2 amide bonds. The van der Waals surface area contributed by atoms with Crippen LogP contribution in [0.3, 0.4) is 0 Å². The first kappa shape index (κ1) is 48.9. The Morgan fingerprint density at radius 3 is 2.34 bits per heavy atom. The fraction of sp³-hybridized carbons (Fsp3) is 0.458. The van der Waals surface area contributed by atoms with E-state index in [4.69, 9.17) is 9.72 Å². The second-order valence-electron chi connectivity index (χ2n) is 18.0. The summed E-state index contributed by atoms with van der Waals surface area (Å²) in [7, 11) is -2.91. The third-order valence-corrected chi connectivity index (χ3v) is 15.1. The fourth-order valence-electron chi connectivity index (χ4n) is 9.44. The number of fused-ring (bicyclic) bond motifs is 1. The number of aromatic nitrogens is 4. The maximum atomic E-state index is 15.1. The Labute approximate surface area is 402 Å². The minimum atomic E-state index is -2.91. The number of nitrogens with one attached hydrogen (secondary N) is 5. The number of imide groups is 1. The van der Waals surface area contributed by atoms with E-state index in [2.05, 4.69) is 76.6 Å². The molecule has 0 bridgehead atoms. The van der Waals surface area contributed by atoms with Crippen LogP contribution >= 0.6 is 23.1 Å². The quantitative estimate of drug-likeness (QED) is 0.0353. The van der Waals surface area contributed by atoms with E-state index in [0.717, 1.165) is 68.9 Å². The summed E-state index contributed by atoms with van der Waals surface area (Å²) in [6, 6.07) is 10.7. The van der Waals surface area contributed by atoms with Crippen molar-refractivity contribution in [2.24, 2.45) is 5.92 Å². The number of aryl methyl sites for hydroxylation is 2. The number of hydrogen-bond acceptors (Lipinski definition) is 14. The number of carbonyl (C=O) groups excluding carboxylic acids is 2. The summed E-state index contributed by atoms with van der Waals surface area (Å²) < 4.78 is 52.0. The topological polar surface area (TPSA) is 188 Å². The Hall–Kier alpha value is -5.49. The van der Waals surface area contributed by atoms with Crippen molar-refractivity contribution in [2.45, 2.75) is 71.4 Å². The van der Waals surface area contributed by atoms with Crippen molar-refractivity contribution in [2.75, 3.05) is 86.2 Å². The molecule has 20 heteroatoms. The summed E-state index contributed by atoms with van der Waals surface area (Å²) in [6.07, 6.45) is 6.17. The van der Waals surface area contributed by atoms with Gasteiger partial charge in [0.1, 0.15) is 30.3 Å². The van der Waals surface area contributed by atoms with E-state index in [-0.39, 0.29) is 24.0 Å². The van der Waals surface area contributed by atoms with E-state index in [1.807, 2.05) is 18.7 Å². The van der Waals surface area contributed by atoms with Gasteiger partial charge in [0.25, 0.3) is 5.56 Å². The van der Waals surface area contributed by atoms with Gasteiger partial charge in [-0.25, -0.2) is 18.4 Å². The minimum Gasteiger partial charge on any atom is -0.492 e. The van der Waals surface area contributed by atoms with Gasteiger partial charge in [-0.1, -0.05) is 6.92 Å². The number of hydrogen-bond donors (Lipinski definition) is 5. The van der Waals surface area contributed by atoms with E-state index in [1.54, 1.807) is 37.9 Å². The molecule has 3 fully saturated rings. The standard InChI is InChI=1S/C48H59BrF2N11O5P/c1-6-29-19-39(57-48-54-25-35(49)45(59-48)56-38-11-9-32-34(44(38)68(4,5)66)24-55-62(7-2)47(32)65)41(67-8-3)22-40(29)60-17-13-30(14-18-60)53-16-15-52-23-28-26-61(27-28)31-20-36(50)43(37(51)21-31)33-10-12-42(63)58-46(33)64/h9,11,19-22,24-25,28,30,33,52-53H,6-8,10,12-18,23,26-27H2,1-5H3,(H,58,63,64)(H2,54,56,57,59)/t33-/m1/s1. The number of carbonyl (C=O) groups is 2. The van der Waals surface area contributed by atoms with Crippen molar-refractivity contribution < 1.29 is 27.7 Å². The largest absolute Gasteiger partial charge is 0.492 e. The van der Waals surface area contributed by atoms with Crippen molar-refractivity contribution in [1.82, 2.24) is 35.7 Å². The molecular formula is C48H59BrF2N11O5P. The molecule has 16 nitrogen and oxygen atoms in total. The Morgan fingerprint density at radius 1 is 0.912 bits per heavy atom. The van der Waals surface area contributed by atoms with Crippen molar-refractivity contribution in [3.63, 3.8) is 0 Å². The van der Waals surface area contributed by atoms with Gasteiger partial charge in [0, 0.05) is 111 Å². The highest BCUT2D eigenvalue weighted by molar-refractivity contribution is 9.10. The summed E-state index contributed by atoms with van der Waals surface area (Å²) in [4.78, 5) is 50.6. The lowest BCUT2D eigenvalue weighted by molar-refractivity contribution is -0.134. The van der Waals surface area contributed by atoms with Gasteiger partial charge in [-0.3, -0.25) is 19.7 Å². The summed E-state index contributed by atoms with van der Waals surface area (Å²) in [6.45, 7) is 15.7. The van der Waals surface area contributed by atoms with Crippen LogP contribution in [-0.2, 0) is 27.1 Å². The van der Waals surface area contributed by atoms with Gasteiger partial charge in [0.05, 0.1) is 40.0 Å². The Morgan fingerprint density at radius 2 is 1.66 bits per heavy atom. The lowest BCUT2D eigenvalue weighted by Crippen LogP contribution is -2.51. The number of anilines is 6. The summed E-state index contributed by atoms with van der Waals surface area (Å²) in [5.74, 6) is -1.80. The molecule has 5 aromatic rings. The van der Waals surface area contributed by atoms with Gasteiger partial charge >= 0.3 is 0 Å². The van der Waals surface area contributed by atoms with Crippen LogP contribution in [0.4, 0.5) is 43.3 Å². The molecule has 3 aliphatic rings. The maximum Gasteiger partial charge on any atom is 0.274 e. The number of amides is 2. The highest BCUT2D eigenvalue weighted by Gasteiger charge is 2.34. The normalized spacial score (nSPS) is 17.1. The molecule has 0 aliphatic carbocycles. The molecule has 5 heterocycles. The molecule has 0 radical (unpaired) electrons. The van der Waals surface area contributed by atoms with E-state index < -0.39 is 36.5 Å². The molecule has 3 aromatic carbocycles. The lowest BCUT2D eigenvalue weighted by Gasteiger charge is -2.41. The molecule has 1 atom stereocenters. The van der Waals surface area contributed by atoms with Crippen LogP contribution in [-0.4, -0.2) is 103 Å². The highest BCUT2D eigenvalue weighted by Crippen LogP contribution is 2.42. The van der Waals surface area contributed by atoms with Gasteiger partial charge in [-0.15, -0.1) is 0 Å². The van der Waals surface area contributed by atoms with E-state index in [1.165, 1.54) is 16.8 Å². The van der Waals surface area contributed by atoms with Gasteiger partial charge in [0.2, 0.25) is 17.8 Å². The number of ether oxygens (including phenoxy) is 1. The van der Waals surface area contributed by atoms with Crippen LogP contribution in [0.5, 0.6) is 5.75 Å². The summed E-state index contributed by atoms with van der Waals surface area (Å²) >= 11 is 3.58. The second kappa shape index (κ2) is 21.0. The summed E-state index contributed by atoms with van der Waals surface area (Å²) in [5.41, 5.74) is 3.54. The molecular weight excluding hydrogens is 959 g/mol. The molecule has 0 saturated carbocycles. The number of piperidine rings is 2. The Kier molecular flexibility index (Phi) is 15.1. The smallest absolute Gasteiger partial charge is 0.274 e. The lowest BCUT2D eigenvalue weighted by atomic mass is 9.89. The van der Waals surface area contributed by atoms with Crippen LogP contribution in [0.25, 0.3) is 10.8 Å². The first-order valence-corrected chi connectivity index (χ1v) is 26.8. The minimum absolute atomic E-state index is 0.0554. The Balaban J connectivity index is 0.834. The van der Waals surface area contributed by atoms with Crippen molar-refractivity contribution >= 4 is 85.5 Å². The third-order valence-electron chi connectivity index (χ3n) is 12.9. The predicted octanol–water partition coefficient (Wildman–Crippen LogP) is 6.75. The van der Waals surface area contributed by atoms with Gasteiger partial charge in [0.15, 0.2) is 0 Å². The average molecular weight is 1020 g/mol. The highest BCUT2D eigenvalue weighted by atomic mass is 79.9. The molecule has 8 rings (SSSR count). The number of benzene rings is 3. The summed E-state index contributed by atoms with van der Waals surface area (Å²) in [5, 5.41) is 22.0. The first-order valence-electron chi connectivity index (χ1n) is 23.4. The first-order chi connectivity index (χ1) is 32.6. The van der Waals surface area contributed by atoms with Gasteiger partial charge in [-0.2, -0.15) is 10.1 Å². The van der Waals surface area contributed by atoms with Gasteiger partial charge in [-0.05, 0) is 105 Å². The molecule has 362 valence electrons. The molecule has 3 saturated heterocycles. The van der Waals surface area contributed by atoms with E-state index in [0.29, 0.717) is 87.6 Å². The zero-order chi connectivity index (χ0) is 48.3. The average Bonchev–Trinajstić information content (AvgIpc) is 3.28. The molecule has 2 aromatic heterocycles. The van der Waals surface area contributed by atoms with Crippen LogP contribution in [0.2, 0.25) is 0 Å². The van der Waals surface area contributed by atoms with Gasteiger partial charge < -0.3 is 40.4 Å². The van der Waals surface area contributed by atoms with Crippen LogP contribution in [0.15, 0.2) is 58.1 Å². The Bertz CT molecular complexity index is 2790. The molecule has 0 unspecified atom stereocenters. The van der Waals surface area contributed by atoms with Crippen molar-refractivity contribution in [3.8, 4) is 5.75 Å². The number of halogens is 3. The molecule has 3 aliphatic heterocycles. The van der Waals surface area contributed by atoms with E-state index >= 15 is 8.78 Å². The van der Waals surface area contributed by atoms with E-state index in [9.17, 15) is 18.9 Å². The zero-order valence-corrected chi connectivity index (χ0v) is 41.5. The molecule has 68 heavy (non-hydrogen) atoms. The molecule has 5 N–H and O–H groups in total. The van der Waals surface area contributed by atoms with Crippen LogP contribution in [0.1, 0.15) is 63.5 Å². The van der Waals surface area contributed by atoms with Crippen molar-refractivity contribution in [3.05, 3.63) is 86.4 Å². The SMILES string of the molecule is CCOc1cc(N2CCC(NCCNCC3CN(c4cc(F)c([C@H]5CCC(=O)NC5=O)c(F)c4)C3)CC2)c(CC)cc1Nc1ncc(Br)c(Nc2ccc3c(=O)n(CC)ncc3c2P(C)(C)=O)n1.